The largest absolute Gasteiger partial charge is 0.465 e. The Balaban J connectivity index is 1.77. The Hall–Kier alpha value is -1.82. The van der Waals surface area contributed by atoms with Crippen LogP contribution in [0.5, 0.6) is 0 Å². The third kappa shape index (κ3) is 3.34. The van der Waals surface area contributed by atoms with E-state index in [4.69, 9.17) is 16.0 Å². The zero-order valence-corrected chi connectivity index (χ0v) is 15.4. The fourth-order valence-electron chi connectivity index (χ4n) is 2.60. The number of nitrogens with one attached hydrogen (secondary N) is 1. The number of fused-ring (bicyclic) bond motifs is 1. The van der Waals surface area contributed by atoms with E-state index in [1.54, 1.807) is 0 Å². The van der Waals surface area contributed by atoms with Crippen LogP contribution in [-0.2, 0) is 0 Å². The van der Waals surface area contributed by atoms with E-state index in [0.717, 1.165) is 21.6 Å². The van der Waals surface area contributed by atoms with Crippen molar-refractivity contribution in [2.45, 2.75) is 13.0 Å². The van der Waals surface area contributed by atoms with Crippen molar-refractivity contribution < 1.29 is 9.21 Å². The van der Waals surface area contributed by atoms with E-state index in [1.807, 2.05) is 62.3 Å². The summed E-state index contributed by atoms with van der Waals surface area (Å²) in [5.41, 5.74) is 0. The maximum absolute atomic E-state index is 12.6. The average molecular weight is 363 g/mol. The summed E-state index contributed by atoms with van der Waals surface area (Å²) in [6.07, 6.45) is 0. The number of nitrogens with zero attached hydrogens (tertiary/aromatic N) is 1. The van der Waals surface area contributed by atoms with E-state index in [0.29, 0.717) is 16.4 Å². The number of hydrogen-bond donors (Lipinski definition) is 1. The topological polar surface area (TPSA) is 45.5 Å². The van der Waals surface area contributed by atoms with Gasteiger partial charge in [-0.1, -0.05) is 29.8 Å². The zero-order chi connectivity index (χ0) is 17.3. The number of amides is 1. The van der Waals surface area contributed by atoms with Gasteiger partial charge in [0.25, 0.3) is 5.91 Å². The Morgan fingerprint density at radius 3 is 2.67 bits per heavy atom. The summed E-state index contributed by atoms with van der Waals surface area (Å²) >= 11 is 7.78. The van der Waals surface area contributed by atoms with Gasteiger partial charge in [-0.15, -0.1) is 11.3 Å². The number of hydrogen-bond acceptors (Lipinski definition) is 4. The van der Waals surface area contributed by atoms with Gasteiger partial charge in [-0.25, -0.2) is 0 Å². The fraction of sp³-hybridized carbons (Fsp3) is 0.278. The predicted octanol–water partition coefficient (Wildman–Crippen LogP) is 4.49. The summed E-state index contributed by atoms with van der Waals surface area (Å²) in [5, 5.41) is 4.41. The molecule has 0 saturated carbocycles. The molecule has 2 aromatic heterocycles. The van der Waals surface area contributed by atoms with Crippen LogP contribution in [0.1, 0.15) is 27.2 Å². The van der Waals surface area contributed by atoms with E-state index in [2.05, 4.69) is 5.32 Å². The molecule has 0 bridgehead atoms. The molecule has 0 aliphatic rings. The van der Waals surface area contributed by atoms with Crippen LogP contribution in [0.25, 0.3) is 10.1 Å². The highest BCUT2D eigenvalue weighted by molar-refractivity contribution is 7.21. The molecule has 1 atom stereocenters. The number of rotatable bonds is 5. The third-order valence-corrected chi connectivity index (χ3v) is 5.58. The van der Waals surface area contributed by atoms with Crippen molar-refractivity contribution in [3.63, 3.8) is 0 Å². The van der Waals surface area contributed by atoms with Gasteiger partial charge < -0.3 is 9.73 Å². The van der Waals surface area contributed by atoms with Crippen molar-refractivity contribution in [3.8, 4) is 0 Å². The SMILES string of the molecule is Cc1ccc([C@H](CNC(=O)c2sc3ccccc3c2Cl)N(C)C)o1. The van der Waals surface area contributed by atoms with Crippen LogP contribution in [-0.4, -0.2) is 31.4 Å². The number of carbonyl (C=O) groups excluding carboxylic acids is 1. The first kappa shape index (κ1) is 17.0. The van der Waals surface area contributed by atoms with Crippen molar-refractivity contribution in [3.05, 3.63) is 57.8 Å². The molecule has 6 heteroatoms. The molecule has 24 heavy (non-hydrogen) atoms. The lowest BCUT2D eigenvalue weighted by molar-refractivity contribution is 0.0943. The van der Waals surface area contributed by atoms with Crippen LogP contribution in [0.3, 0.4) is 0 Å². The molecule has 2 heterocycles. The Morgan fingerprint density at radius 1 is 1.29 bits per heavy atom. The van der Waals surface area contributed by atoms with Gasteiger partial charge in [-0.05, 0) is 39.2 Å². The third-order valence-electron chi connectivity index (χ3n) is 3.91. The van der Waals surface area contributed by atoms with E-state index < -0.39 is 0 Å². The Bertz CT molecular complexity index is 869. The van der Waals surface area contributed by atoms with E-state index in [-0.39, 0.29) is 11.9 Å². The monoisotopic (exact) mass is 362 g/mol. The molecule has 0 radical (unpaired) electrons. The smallest absolute Gasteiger partial charge is 0.263 e. The summed E-state index contributed by atoms with van der Waals surface area (Å²) in [6.45, 7) is 2.36. The van der Waals surface area contributed by atoms with Gasteiger partial charge in [0.2, 0.25) is 0 Å². The zero-order valence-electron chi connectivity index (χ0n) is 13.8. The van der Waals surface area contributed by atoms with Gasteiger partial charge in [-0.3, -0.25) is 9.69 Å². The van der Waals surface area contributed by atoms with Crippen LogP contribution in [0, 0.1) is 6.92 Å². The average Bonchev–Trinajstić information content (AvgIpc) is 3.12. The highest BCUT2D eigenvalue weighted by atomic mass is 35.5. The summed E-state index contributed by atoms with van der Waals surface area (Å²) in [4.78, 5) is 15.1. The molecule has 3 aromatic rings. The summed E-state index contributed by atoms with van der Waals surface area (Å²) in [5.74, 6) is 1.53. The fourth-order valence-corrected chi connectivity index (χ4v) is 4.03. The molecule has 0 aliphatic heterocycles. The first-order valence-electron chi connectivity index (χ1n) is 7.65. The molecule has 0 saturated heterocycles. The van der Waals surface area contributed by atoms with Gasteiger partial charge in [0.1, 0.15) is 16.4 Å². The minimum atomic E-state index is -0.156. The quantitative estimate of drug-likeness (QED) is 0.727. The molecule has 0 unspecified atom stereocenters. The molecule has 1 aromatic carbocycles. The Labute approximate surface area is 150 Å². The summed E-state index contributed by atoms with van der Waals surface area (Å²) in [6, 6.07) is 11.6. The van der Waals surface area contributed by atoms with Gasteiger partial charge in [0.05, 0.1) is 11.1 Å². The Kier molecular flexibility index (Phi) is 4.94. The first-order chi connectivity index (χ1) is 11.5. The van der Waals surface area contributed by atoms with Crippen molar-refractivity contribution >= 4 is 38.9 Å². The molecule has 3 rings (SSSR count). The molecular formula is C18H19ClN2O2S. The minimum absolute atomic E-state index is 0.0317. The Morgan fingerprint density at radius 2 is 2.04 bits per heavy atom. The van der Waals surface area contributed by atoms with Crippen LogP contribution < -0.4 is 5.32 Å². The summed E-state index contributed by atoms with van der Waals surface area (Å²) in [7, 11) is 3.92. The van der Waals surface area contributed by atoms with Crippen molar-refractivity contribution in [2.24, 2.45) is 0 Å². The normalized spacial score (nSPS) is 12.7. The number of aryl methyl sites for hydroxylation is 1. The lowest BCUT2D eigenvalue weighted by Gasteiger charge is -2.22. The van der Waals surface area contributed by atoms with E-state index in [1.165, 1.54) is 11.3 Å². The molecule has 0 aliphatic carbocycles. The van der Waals surface area contributed by atoms with Gasteiger partial charge in [-0.2, -0.15) is 0 Å². The van der Waals surface area contributed by atoms with Crippen LogP contribution >= 0.6 is 22.9 Å². The molecule has 126 valence electrons. The number of carbonyl (C=O) groups is 1. The van der Waals surface area contributed by atoms with Crippen molar-refractivity contribution in [1.82, 2.24) is 10.2 Å². The lowest BCUT2D eigenvalue weighted by atomic mass is 10.2. The predicted molar refractivity (Wildman–Crippen MR) is 99.0 cm³/mol. The van der Waals surface area contributed by atoms with Gasteiger partial charge in [0, 0.05) is 16.6 Å². The van der Waals surface area contributed by atoms with E-state index >= 15 is 0 Å². The second-order valence-corrected chi connectivity index (χ2v) is 7.31. The van der Waals surface area contributed by atoms with Crippen molar-refractivity contribution in [2.75, 3.05) is 20.6 Å². The minimum Gasteiger partial charge on any atom is -0.465 e. The standard InChI is InChI=1S/C18H19ClN2O2S/c1-11-8-9-14(23-11)13(21(2)3)10-20-18(22)17-16(19)12-6-4-5-7-15(12)24-17/h4-9,13H,10H2,1-3H3,(H,20,22)/t13-/m0/s1. The highest BCUT2D eigenvalue weighted by Crippen LogP contribution is 2.35. The first-order valence-corrected chi connectivity index (χ1v) is 8.85. The van der Waals surface area contributed by atoms with Crippen LogP contribution in [0.4, 0.5) is 0 Å². The van der Waals surface area contributed by atoms with E-state index in [9.17, 15) is 4.79 Å². The highest BCUT2D eigenvalue weighted by Gasteiger charge is 2.21. The maximum Gasteiger partial charge on any atom is 0.263 e. The van der Waals surface area contributed by atoms with Gasteiger partial charge >= 0.3 is 0 Å². The number of thiophene rings is 1. The number of furan rings is 1. The van der Waals surface area contributed by atoms with Crippen molar-refractivity contribution in [1.29, 1.82) is 0 Å². The van der Waals surface area contributed by atoms with Gasteiger partial charge in [0.15, 0.2) is 0 Å². The van der Waals surface area contributed by atoms with Crippen LogP contribution in [0.2, 0.25) is 5.02 Å². The second kappa shape index (κ2) is 6.97. The molecule has 1 amide bonds. The molecule has 1 N–H and O–H groups in total. The molecule has 0 spiro atoms. The number of halogens is 1. The molecular weight excluding hydrogens is 344 g/mol. The lowest BCUT2D eigenvalue weighted by Crippen LogP contribution is -2.34. The second-order valence-electron chi connectivity index (χ2n) is 5.88. The molecule has 0 fully saturated rings. The van der Waals surface area contributed by atoms with Crippen LogP contribution in [0.15, 0.2) is 40.8 Å². The number of benzene rings is 1. The molecule has 4 nitrogen and oxygen atoms in total. The summed E-state index contributed by atoms with van der Waals surface area (Å²) < 4.78 is 6.71. The number of likely N-dealkylation sites (N-methyl/N-ethyl adjacent to an activating group) is 1. The maximum atomic E-state index is 12.6.